The summed E-state index contributed by atoms with van der Waals surface area (Å²) in [4.78, 5) is 42.5. The van der Waals surface area contributed by atoms with Crippen LogP contribution in [0.2, 0.25) is 5.15 Å². The molecule has 12 nitrogen and oxygen atoms in total. The van der Waals surface area contributed by atoms with Crippen molar-refractivity contribution in [2.75, 3.05) is 53.8 Å². The lowest BCUT2D eigenvalue weighted by molar-refractivity contribution is 0.261. The number of rotatable bonds is 9. The average molecular weight is 619 g/mol. The first-order chi connectivity index (χ1) is 20.9. The fourth-order valence-electron chi connectivity index (χ4n) is 3.71. The fourth-order valence-corrected chi connectivity index (χ4v) is 3.95. The van der Waals surface area contributed by atoms with E-state index in [2.05, 4.69) is 51.4 Å². The van der Waals surface area contributed by atoms with Gasteiger partial charge in [-0.2, -0.15) is 4.98 Å². The molecule has 5 N–H and O–H groups in total. The lowest BCUT2D eigenvalue weighted by Crippen LogP contribution is -2.21. The smallest absolute Gasteiger partial charge is 0.326 e. The van der Waals surface area contributed by atoms with Gasteiger partial charge in [0.05, 0.1) is 0 Å². The van der Waals surface area contributed by atoms with Crippen LogP contribution in [-0.2, 0) is 0 Å². The Balaban J connectivity index is 0.000000249. The molecule has 0 radical (unpaired) electrons. The van der Waals surface area contributed by atoms with Crippen molar-refractivity contribution in [2.24, 2.45) is 0 Å². The van der Waals surface area contributed by atoms with E-state index in [4.69, 9.17) is 11.6 Å². The number of benzene rings is 2. The summed E-state index contributed by atoms with van der Waals surface area (Å²) in [5, 5.41) is 14.2. The summed E-state index contributed by atoms with van der Waals surface area (Å²) in [7, 11) is 4.09. The van der Waals surface area contributed by atoms with Crippen LogP contribution in [0, 0.1) is 27.7 Å². The molecule has 0 unspecified atom stereocenters. The highest BCUT2D eigenvalue weighted by Crippen LogP contribution is 2.13. The number of aryl methyl sites for hydroxylation is 4. The van der Waals surface area contributed by atoms with Crippen LogP contribution in [0.3, 0.4) is 0 Å². The molecule has 2 aromatic heterocycles. The largest absolute Gasteiger partial charge is 0.370 e. The van der Waals surface area contributed by atoms with Crippen molar-refractivity contribution in [3.05, 3.63) is 88.3 Å². The normalized spacial score (nSPS) is 10.4. The van der Waals surface area contributed by atoms with Gasteiger partial charge in [-0.1, -0.05) is 47.0 Å². The number of anilines is 5. The number of hydrogen-bond acceptors (Lipinski definition) is 8. The lowest BCUT2D eigenvalue weighted by Gasteiger charge is -2.12. The zero-order valence-electron chi connectivity index (χ0n) is 25.8. The fraction of sp³-hybridized carbons (Fsp3) is 0.290. The van der Waals surface area contributed by atoms with E-state index >= 15 is 0 Å². The number of halogens is 1. The lowest BCUT2D eigenvalue weighted by atomic mass is 10.2. The van der Waals surface area contributed by atoms with Gasteiger partial charge in [-0.15, -0.1) is 0 Å². The van der Waals surface area contributed by atoms with Crippen LogP contribution in [0.4, 0.5) is 38.7 Å². The molecule has 0 aliphatic heterocycles. The third-order valence-corrected chi connectivity index (χ3v) is 6.03. The quantitative estimate of drug-likeness (QED) is 0.105. The summed E-state index contributed by atoms with van der Waals surface area (Å²) in [5.41, 5.74) is 5.15. The molecule has 0 fully saturated rings. The Labute approximate surface area is 263 Å². The van der Waals surface area contributed by atoms with Gasteiger partial charge >= 0.3 is 12.1 Å². The van der Waals surface area contributed by atoms with E-state index in [0.717, 1.165) is 42.0 Å². The van der Waals surface area contributed by atoms with E-state index in [0.29, 0.717) is 17.2 Å². The van der Waals surface area contributed by atoms with Crippen molar-refractivity contribution in [3.8, 4) is 0 Å². The molecule has 232 valence electrons. The van der Waals surface area contributed by atoms with Crippen molar-refractivity contribution in [2.45, 2.75) is 34.1 Å². The first-order valence-electron chi connectivity index (χ1n) is 14.0. The van der Waals surface area contributed by atoms with Crippen LogP contribution in [0.5, 0.6) is 0 Å². The molecule has 2 aromatic carbocycles. The first kappa shape index (κ1) is 33.7. The predicted octanol–water partition coefficient (Wildman–Crippen LogP) is 6.49. The topological polar surface area (TPSA) is 149 Å². The maximum absolute atomic E-state index is 12.1. The van der Waals surface area contributed by atoms with Crippen LogP contribution in [-0.4, -0.2) is 64.1 Å². The van der Waals surface area contributed by atoms with Crippen molar-refractivity contribution in [1.82, 2.24) is 24.8 Å². The maximum Gasteiger partial charge on any atom is 0.326 e. The van der Waals surface area contributed by atoms with E-state index in [9.17, 15) is 9.59 Å². The van der Waals surface area contributed by atoms with Crippen molar-refractivity contribution >= 4 is 52.8 Å². The Bertz CT molecular complexity index is 1510. The molecular formula is C31H39ClN10O2. The minimum absolute atomic E-state index is 0.176. The van der Waals surface area contributed by atoms with Gasteiger partial charge in [-0.3, -0.25) is 10.6 Å². The molecule has 4 rings (SSSR count). The number of aromatic nitrogens is 4. The predicted molar refractivity (Wildman–Crippen MR) is 178 cm³/mol. The van der Waals surface area contributed by atoms with E-state index in [-0.39, 0.29) is 23.1 Å². The van der Waals surface area contributed by atoms with E-state index in [1.807, 2.05) is 89.5 Å². The van der Waals surface area contributed by atoms with Crippen LogP contribution in [0.15, 0.2) is 60.7 Å². The van der Waals surface area contributed by atoms with Gasteiger partial charge in [-0.05, 0) is 85.1 Å². The molecule has 44 heavy (non-hydrogen) atoms. The molecule has 0 spiro atoms. The molecule has 0 saturated heterocycles. The van der Waals surface area contributed by atoms with Crippen LogP contribution < -0.4 is 26.6 Å². The molecule has 0 saturated carbocycles. The van der Waals surface area contributed by atoms with E-state index in [1.54, 1.807) is 13.0 Å². The number of hydrogen-bond donors (Lipinski definition) is 5. The van der Waals surface area contributed by atoms with Gasteiger partial charge in [0.15, 0.2) is 0 Å². The number of urea groups is 2. The molecule has 0 atom stereocenters. The van der Waals surface area contributed by atoms with E-state index in [1.165, 1.54) is 0 Å². The van der Waals surface area contributed by atoms with Crippen LogP contribution in [0.1, 0.15) is 28.9 Å². The Morgan fingerprint density at radius 1 is 0.682 bits per heavy atom. The summed E-state index contributed by atoms with van der Waals surface area (Å²) in [6, 6.07) is 17.7. The molecule has 13 heteroatoms. The summed E-state index contributed by atoms with van der Waals surface area (Å²) in [5.74, 6) is 1.16. The second kappa shape index (κ2) is 16.7. The molecule has 4 amide bonds. The Morgan fingerprint density at radius 3 is 1.64 bits per heavy atom. The van der Waals surface area contributed by atoms with Crippen molar-refractivity contribution in [1.29, 1.82) is 0 Å². The molecule has 0 bridgehead atoms. The summed E-state index contributed by atoms with van der Waals surface area (Å²) in [6.45, 7) is 9.43. The van der Waals surface area contributed by atoms with Gasteiger partial charge in [-0.25, -0.2) is 24.5 Å². The van der Waals surface area contributed by atoms with Crippen molar-refractivity contribution < 1.29 is 9.59 Å². The summed E-state index contributed by atoms with van der Waals surface area (Å²) in [6.07, 6.45) is 1.01. The number of nitrogens with zero attached hydrogens (tertiary/aromatic N) is 5. The third kappa shape index (κ3) is 12.6. The van der Waals surface area contributed by atoms with Crippen molar-refractivity contribution in [3.63, 3.8) is 0 Å². The highest BCUT2D eigenvalue weighted by atomic mass is 35.5. The molecule has 2 heterocycles. The van der Waals surface area contributed by atoms with Gasteiger partial charge in [0.1, 0.15) is 11.0 Å². The molecule has 0 aliphatic rings. The standard InChI is InChI=1S/C18H26N6O.C13H13ClN4O/c1-13-6-8-15(9-7-13)21-18(25)23-17-20-14(2)12-16(22-17)19-10-5-11-24(3)4;1-8-3-5-10(6-4-8)16-13(19)18-12-15-9(2)7-11(14)17-12/h6-9,12H,5,10-11H2,1-4H3,(H3,19,20,21,22,23,25);3-7H,1-2H3,(H2,15,16,17,18,19). The summed E-state index contributed by atoms with van der Waals surface area (Å²) >= 11 is 5.79. The maximum atomic E-state index is 12.1. The monoisotopic (exact) mass is 618 g/mol. The number of carbonyl (C=O) groups excluding carboxylic acids is 2. The first-order valence-corrected chi connectivity index (χ1v) is 14.4. The van der Waals surface area contributed by atoms with Crippen LogP contribution in [0.25, 0.3) is 0 Å². The SMILES string of the molecule is Cc1ccc(NC(=O)Nc2nc(C)cc(Cl)n2)cc1.Cc1ccc(NC(=O)Nc2nc(C)cc(NCCCN(C)C)n2)cc1. The van der Waals surface area contributed by atoms with E-state index < -0.39 is 6.03 Å². The number of amides is 4. The number of nitrogens with one attached hydrogen (secondary N) is 5. The van der Waals surface area contributed by atoms with Crippen LogP contribution >= 0.6 is 11.6 Å². The Kier molecular flexibility index (Phi) is 12.8. The highest BCUT2D eigenvalue weighted by Gasteiger charge is 2.08. The highest BCUT2D eigenvalue weighted by molar-refractivity contribution is 6.29. The molecule has 0 aliphatic carbocycles. The second-order valence-electron chi connectivity index (χ2n) is 10.3. The van der Waals surface area contributed by atoms with Gasteiger partial charge in [0.25, 0.3) is 0 Å². The Hall–Kier alpha value is -4.81. The minimum Gasteiger partial charge on any atom is -0.370 e. The summed E-state index contributed by atoms with van der Waals surface area (Å²) < 4.78 is 0. The zero-order valence-corrected chi connectivity index (χ0v) is 26.6. The third-order valence-electron chi connectivity index (χ3n) is 5.83. The van der Waals surface area contributed by atoms with Gasteiger partial charge < -0.3 is 20.9 Å². The van der Waals surface area contributed by atoms with Gasteiger partial charge in [0, 0.05) is 35.4 Å². The Morgan fingerprint density at radius 2 is 1.16 bits per heavy atom. The molecular weight excluding hydrogens is 580 g/mol. The minimum atomic E-state index is -0.412. The average Bonchev–Trinajstić information content (AvgIpc) is 2.93. The molecule has 4 aromatic rings. The zero-order chi connectivity index (χ0) is 32.1. The second-order valence-corrected chi connectivity index (χ2v) is 10.7. The number of carbonyl (C=O) groups is 2. The van der Waals surface area contributed by atoms with Gasteiger partial charge in [0.2, 0.25) is 11.9 Å².